The van der Waals surface area contributed by atoms with Crippen molar-refractivity contribution >= 4 is 61.4 Å². The van der Waals surface area contributed by atoms with Gasteiger partial charge in [0.1, 0.15) is 0 Å². The van der Waals surface area contributed by atoms with Crippen molar-refractivity contribution in [2.75, 3.05) is 60.0 Å². The number of hydrogen-bond acceptors (Lipinski definition) is 4. The fourth-order valence-corrected chi connectivity index (χ4v) is 0. The van der Waals surface area contributed by atoms with E-state index in [1.165, 1.54) is 13.3 Å². The predicted octanol–water partition coefficient (Wildman–Crippen LogP) is 3.14. The summed E-state index contributed by atoms with van der Waals surface area (Å²) in [5.41, 5.74) is 0. The van der Waals surface area contributed by atoms with Crippen LogP contribution in [0.15, 0.2) is 0 Å². The molecule has 4 nitrogen and oxygen atoms in total. The Hall–Kier alpha value is 2.06. The molecule has 0 aliphatic heterocycles. The average Bonchev–Trinajstić information content (AvgIpc) is 1.62. The molecule has 0 aliphatic rings. The van der Waals surface area contributed by atoms with Gasteiger partial charge in [-0.15, -0.1) is 0 Å². The van der Waals surface area contributed by atoms with Crippen LogP contribution in [0.25, 0.3) is 0 Å². The van der Waals surface area contributed by atoms with Crippen LogP contribution in [-0.4, -0.2) is 74.7 Å². The van der Waals surface area contributed by atoms with Crippen molar-refractivity contribution < 1.29 is 19.2 Å². The van der Waals surface area contributed by atoms with E-state index in [2.05, 4.69) is 43.6 Å². The Morgan fingerprint density at radius 1 is 0.600 bits per heavy atom. The van der Waals surface area contributed by atoms with Gasteiger partial charge in [-0.1, -0.05) is 41.5 Å². The molecule has 20 heavy (non-hydrogen) atoms. The second-order valence-electron chi connectivity index (χ2n) is 5.77. The van der Waals surface area contributed by atoms with Crippen molar-refractivity contribution in [2.24, 2.45) is 0 Å². The third-order valence-electron chi connectivity index (χ3n) is 0. The molecule has 0 saturated heterocycles. The maximum atomic E-state index is 9.77. The second-order valence-corrected chi connectivity index (χ2v) is 26.0. The van der Waals surface area contributed by atoms with Crippen LogP contribution >= 0.6 is 25.9 Å². The van der Waals surface area contributed by atoms with Gasteiger partial charge in [0.2, 0.25) is 0 Å². The molecule has 11 heteroatoms. The zero-order valence-electron chi connectivity index (χ0n) is 13.8. The fourth-order valence-electron chi connectivity index (χ4n) is 0. The van der Waals surface area contributed by atoms with Gasteiger partial charge >= 0.3 is 0 Å². The van der Waals surface area contributed by atoms with Crippen LogP contribution in [0.3, 0.4) is 0 Å². The highest BCUT2D eigenvalue weighted by Crippen LogP contribution is 2.29. The first-order valence-corrected chi connectivity index (χ1v) is 19.4. The minimum Gasteiger partial charge on any atom is -0.366 e. The summed E-state index contributed by atoms with van der Waals surface area (Å²) in [6.45, 7) is 15.6. The fraction of sp³-hybridized carbons (Fsp3) is 1.00. The zero-order valence-corrected chi connectivity index (χ0v) is 19.8. The van der Waals surface area contributed by atoms with Gasteiger partial charge < -0.3 is 14.7 Å². The lowest BCUT2D eigenvalue weighted by molar-refractivity contribution is 0.492. The quantitative estimate of drug-likeness (QED) is 0.518. The van der Waals surface area contributed by atoms with Crippen molar-refractivity contribution in [3.05, 3.63) is 0 Å². The van der Waals surface area contributed by atoms with E-state index in [0.29, 0.717) is 0 Å². The molecule has 128 valence electrons. The Morgan fingerprint density at radius 2 is 0.600 bits per heavy atom. The highest BCUT2D eigenvalue weighted by Gasteiger charge is 1.92. The summed E-state index contributed by atoms with van der Waals surface area (Å²) >= 11 is 13.9. The molecule has 0 atom stereocenters. The Balaban J connectivity index is -0.0000000853. The van der Waals surface area contributed by atoms with E-state index in [4.69, 9.17) is 26.5 Å². The summed E-state index contributed by atoms with van der Waals surface area (Å²) in [4.78, 5) is 25.0. The molecule has 0 aromatic carbocycles. The number of hydrogen-bond donors (Lipinski definition) is 3. The molecule has 0 saturated carbocycles. The highest BCUT2D eigenvalue weighted by molar-refractivity contribution is 8.13. The normalized spacial score (nSPS) is 11.8. The SMILES string of the molecule is CP(C)(=O)O.CP(C)(C)=S.CP(C)(O)=S.CP(C)(O)=S. The van der Waals surface area contributed by atoms with Crippen LogP contribution in [0.2, 0.25) is 0 Å². The maximum Gasteiger partial charge on any atom is 0.194 e. The van der Waals surface area contributed by atoms with E-state index >= 15 is 0 Å². The van der Waals surface area contributed by atoms with Crippen molar-refractivity contribution in [2.45, 2.75) is 0 Å². The van der Waals surface area contributed by atoms with Crippen molar-refractivity contribution in [3.8, 4) is 0 Å². The summed E-state index contributed by atoms with van der Waals surface area (Å²) < 4.78 is 9.77. The van der Waals surface area contributed by atoms with E-state index in [1.807, 2.05) is 0 Å². The Bertz CT molecular complexity index is 302. The molecule has 0 spiro atoms. The Morgan fingerprint density at radius 3 is 0.600 bits per heavy atom. The maximum absolute atomic E-state index is 9.77. The first kappa shape index (κ1) is 30.0. The molecule has 0 fully saturated rings. The zero-order chi connectivity index (χ0) is 18.0. The largest absolute Gasteiger partial charge is 0.366 e. The molecule has 0 amide bonds. The first-order valence-electron chi connectivity index (χ1n) is 5.36. The standard InChI is InChI=1S/C3H9PS.C2H7O2P.2C2H7OPS/c1-4(2,3)5;1-5(2,3)4;2*1-4(2,3)5/h1-3H3;1-2H3,(H,3,4);2*1-2H3,(H,3,5). The van der Waals surface area contributed by atoms with E-state index in [1.54, 1.807) is 26.7 Å². The Kier molecular flexibility index (Phi) is 18.7. The third kappa shape index (κ3) is 1720. The van der Waals surface area contributed by atoms with E-state index in [0.717, 1.165) is 0 Å². The van der Waals surface area contributed by atoms with Crippen LogP contribution in [0.4, 0.5) is 0 Å². The van der Waals surface area contributed by atoms with Gasteiger partial charge in [0.25, 0.3) is 0 Å². The monoisotopic (exact) mass is 422 g/mol. The Labute approximate surface area is 140 Å². The highest BCUT2D eigenvalue weighted by atomic mass is 32.5. The summed E-state index contributed by atoms with van der Waals surface area (Å²) in [7, 11) is -2.64. The van der Waals surface area contributed by atoms with Crippen LogP contribution in [0.5, 0.6) is 0 Å². The van der Waals surface area contributed by atoms with Gasteiger partial charge in [-0.3, -0.25) is 4.57 Å². The van der Waals surface area contributed by atoms with Crippen molar-refractivity contribution in [1.82, 2.24) is 0 Å². The summed E-state index contributed by atoms with van der Waals surface area (Å²) in [5, 5.41) is 0. The van der Waals surface area contributed by atoms with Gasteiger partial charge in [0, 0.05) is 13.3 Å². The van der Waals surface area contributed by atoms with E-state index < -0.39 is 25.9 Å². The molecule has 0 aliphatic carbocycles. The molecule has 0 aromatic rings. The lowest BCUT2D eigenvalue weighted by Gasteiger charge is -1.92. The molecule has 0 aromatic heterocycles. The first-order chi connectivity index (χ1) is 8.00. The lowest BCUT2D eigenvalue weighted by atomic mass is 11.9. The van der Waals surface area contributed by atoms with Gasteiger partial charge in [0.05, 0.1) is 12.5 Å². The number of rotatable bonds is 0. The van der Waals surface area contributed by atoms with Gasteiger partial charge in [-0.05, 0) is 46.7 Å². The summed E-state index contributed by atoms with van der Waals surface area (Å²) in [6.07, 6.45) is -3.61. The lowest BCUT2D eigenvalue weighted by Crippen LogP contribution is -1.62. The van der Waals surface area contributed by atoms with Crippen LogP contribution in [0.1, 0.15) is 0 Å². The van der Waals surface area contributed by atoms with Gasteiger partial charge in [0.15, 0.2) is 7.37 Å². The van der Waals surface area contributed by atoms with Crippen LogP contribution in [-0.2, 0) is 40.0 Å². The van der Waals surface area contributed by atoms with E-state index in [9.17, 15) is 4.57 Å². The summed E-state index contributed by atoms with van der Waals surface area (Å²) in [5.74, 6) is 0. The average molecular weight is 422 g/mol. The second kappa shape index (κ2) is 12.5. The van der Waals surface area contributed by atoms with Gasteiger partial charge in [-0.25, -0.2) is 0 Å². The topological polar surface area (TPSA) is 77.8 Å². The molecule has 0 rings (SSSR count). The van der Waals surface area contributed by atoms with E-state index in [-0.39, 0.29) is 0 Å². The van der Waals surface area contributed by atoms with Crippen LogP contribution in [0, 0.1) is 0 Å². The smallest absolute Gasteiger partial charge is 0.194 e. The van der Waals surface area contributed by atoms with Crippen LogP contribution < -0.4 is 0 Å². The predicted molar refractivity (Wildman–Crippen MR) is 110 cm³/mol. The molecule has 0 bridgehead atoms. The molecular weight excluding hydrogens is 392 g/mol. The van der Waals surface area contributed by atoms with Crippen molar-refractivity contribution in [1.29, 1.82) is 0 Å². The molecule has 0 unspecified atom stereocenters. The molecular formula is C9H30O4P4S3. The summed E-state index contributed by atoms with van der Waals surface area (Å²) in [6, 6.07) is -0.806. The molecule has 0 radical (unpaired) electrons. The minimum absolute atomic E-state index is 0.806. The third-order valence-corrected chi connectivity index (χ3v) is 0. The minimum atomic E-state index is -2.64. The molecule has 0 heterocycles. The molecule has 3 N–H and O–H groups in total. The van der Waals surface area contributed by atoms with Crippen molar-refractivity contribution in [3.63, 3.8) is 0 Å². The van der Waals surface area contributed by atoms with Gasteiger partial charge in [-0.2, -0.15) is 0 Å².